The fraction of sp³-hybridized carbons (Fsp3) is 0.917. The average Bonchev–Trinajstić information content (AvgIpc) is 2.37. The Morgan fingerprint density at radius 3 is 2.40 bits per heavy atom. The van der Waals surface area contributed by atoms with E-state index >= 15 is 0 Å². The van der Waals surface area contributed by atoms with Crippen LogP contribution in [0.2, 0.25) is 0 Å². The molecule has 2 rings (SSSR count). The van der Waals surface area contributed by atoms with Crippen molar-refractivity contribution in [3.05, 3.63) is 0 Å². The van der Waals surface area contributed by atoms with E-state index in [0.29, 0.717) is 45.6 Å². The van der Waals surface area contributed by atoms with Crippen LogP contribution in [0, 0.1) is 5.92 Å². The van der Waals surface area contributed by atoms with Crippen LogP contribution in [-0.4, -0.2) is 68.9 Å². The van der Waals surface area contributed by atoms with E-state index in [1.54, 1.807) is 14.0 Å². The first-order valence-corrected chi connectivity index (χ1v) is 8.47. The largest absolute Gasteiger partial charge is 0.466 e. The standard InChI is InChI=1S/C12H23N3O4S/c1-3-19-12(16)10-4-6-15(7-5-10)20(17,18)14(2)11-8-13-9-11/h10-11,13H,3-9H2,1-2H3. The zero-order valence-corrected chi connectivity index (χ0v) is 12.9. The topological polar surface area (TPSA) is 79.0 Å². The van der Waals surface area contributed by atoms with Crippen molar-refractivity contribution in [2.24, 2.45) is 5.92 Å². The van der Waals surface area contributed by atoms with Crippen LogP contribution < -0.4 is 5.32 Å². The Morgan fingerprint density at radius 1 is 1.35 bits per heavy atom. The highest BCUT2D eigenvalue weighted by molar-refractivity contribution is 7.86. The van der Waals surface area contributed by atoms with E-state index in [1.165, 1.54) is 8.61 Å². The number of likely N-dealkylation sites (N-methyl/N-ethyl adjacent to an activating group) is 1. The summed E-state index contributed by atoms with van der Waals surface area (Å²) < 4.78 is 32.8. The van der Waals surface area contributed by atoms with Crippen LogP contribution in [-0.2, 0) is 19.7 Å². The average molecular weight is 305 g/mol. The van der Waals surface area contributed by atoms with Crippen LogP contribution in [0.4, 0.5) is 0 Å². The molecule has 0 aliphatic carbocycles. The maximum atomic E-state index is 12.4. The van der Waals surface area contributed by atoms with Gasteiger partial charge in [-0.2, -0.15) is 17.0 Å². The second kappa shape index (κ2) is 6.38. The van der Waals surface area contributed by atoms with Gasteiger partial charge < -0.3 is 10.1 Å². The van der Waals surface area contributed by atoms with Gasteiger partial charge in [-0.05, 0) is 19.8 Å². The Labute approximate surface area is 120 Å². The van der Waals surface area contributed by atoms with Crippen molar-refractivity contribution >= 4 is 16.2 Å². The van der Waals surface area contributed by atoms with Crippen molar-refractivity contribution < 1.29 is 17.9 Å². The van der Waals surface area contributed by atoms with Gasteiger partial charge >= 0.3 is 5.97 Å². The fourth-order valence-corrected chi connectivity index (χ4v) is 4.05. The SMILES string of the molecule is CCOC(=O)C1CCN(S(=O)(=O)N(C)C2CNC2)CC1. The van der Waals surface area contributed by atoms with Crippen LogP contribution in [0.1, 0.15) is 19.8 Å². The second-order valence-electron chi connectivity index (χ2n) is 5.26. The van der Waals surface area contributed by atoms with Crippen molar-refractivity contribution in [3.63, 3.8) is 0 Å². The molecule has 7 nitrogen and oxygen atoms in total. The van der Waals surface area contributed by atoms with Gasteiger partial charge in [0.25, 0.3) is 10.2 Å². The maximum Gasteiger partial charge on any atom is 0.309 e. The minimum Gasteiger partial charge on any atom is -0.466 e. The highest BCUT2D eigenvalue weighted by atomic mass is 32.2. The molecule has 0 amide bonds. The first-order valence-electron chi connectivity index (χ1n) is 7.07. The van der Waals surface area contributed by atoms with Crippen molar-refractivity contribution in [1.29, 1.82) is 0 Å². The van der Waals surface area contributed by atoms with E-state index in [2.05, 4.69) is 5.32 Å². The third kappa shape index (κ3) is 3.13. The number of nitrogens with zero attached hydrogens (tertiary/aromatic N) is 2. The lowest BCUT2D eigenvalue weighted by Gasteiger charge is -2.39. The summed E-state index contributed by atoms with van der Waals surface area (Å²) in [5, 5.41) is 3.07. The molecule has 20 heavy (non-hydrogen) atoms. The van der Waals surface area contributed by atoms with E-state index < -0.39 is 10.2 Å². The lowest BCUT2D eigenvalue weighted by molar-refractivity contribution is -0.149. The van der Waals surface area contributed by atoms with Crippen molar-refractivity contribution in [3.8, 4) is 0 Å². The quantitative estimate of drug-likeness (QED) is 0.687. The molecule has 2 saturated heterocycles. The summed E-state index contributed by atoms with van der Waals surface area (Å²) in [6.07, 6.45) is 1.07. The molecule has 0 radical (unpaired) electrons. The van der Waals surface area contributed by atoms with Crippen LogP contribution in [0.25, 0.3) is 0 Å². The minimum absolute atomic E-state index is 0.0442. The van der Waals surface area contributed by atoms with Crippen molar-refractivity contribution in [1.82, 2.24) is 13.9 Å². The normalized spacial score (nSPS) is 22.8. The van der Waals surface area contributed by atoms with E-state index in [0.717, 1.165) is 0 Å². The third-order valence-corrected chi connectivity index (χ3v) is 6.08. The molecule has 0 aromatic heterocycles. The van der Waals surface area contributed by atoms with Crippen LogP contribution >= 0.6 is 0 Å². The zero-order chi connectivity index (χ0) is 14.8. The predicted molar refractivity (Wildman–Crippen MR) is 74.3 cm³/mol. The van der Waals surface area contributed by atoms with Gasteiger partial charge in [-0.15, -0.1) is 0 Å². The lowest BCUT2D eigenvalue weighted by atomic mass is 9.98. The summed E-state index contributed by atoms with van der Waals surface area (Å²) >= 11 is 0. The monoisotopic (exact) mass is 305 g/mol. The molecule has 116 valence electrons. The van der Waals surface area contributed by atoms with Gasteiger partial charge in [0.15, 0.2) is 0 Å². The van der Waals surface area contributed by atoms with Gasteiger partial charge in [0.1, 0.15) is 0 Å². The number of esters is 1. The molecule has 0 unspecified atom stereocenters. The molecule has 1 N–H and O–H groups in total. The number of nitrogens with one attached hydrogen (secondary N) is 1. The van der Waals surface area contributed by atoms with Crippen LogP contribution in [0.3, 0.4) is 0 Å². The summed E-state index contributed by atoms with van der Waals surface area (Å²) in [5.74, 6) is -0.377. The van der Waals surface area contributed by atoms with Crippen LogP contribution in [0.5, 0.6) is 0 Å². The molecular weight excluding hydrogens is 282 g/mol. The number of piperidine rings is 1. The molecule has 2 aliphatic heterocycles. The molecule has 0 spiro atoms. The Hall–Kier alpha value is -0.700. The Balaban J connectivity index is 1.90. The summed E-state index contributed by atoms with van der Waals surface area (Å²) in [4.78, 5) is 11.6. The summed E-state index contributed by atoms with van der Waals surface area (Å²) in [6.45, 7) is 4.32. The molecule has 0 atom stereocenters. The molecule has 0 saturated carbocycles. The Morgan fingerprint density at radius 2 is 1.95 bits per heavy atom. The Bertz CT molecular complexity index is 442. The predicted octanol–water partition coefficient (Wildman–Crippen LogP) is -0.590. The van der Waals surface area contributed by atoms with E-state index in [1.807, 2.05) is 0 Å². The summed E-state index contributed by atoms with van der Waals surface area (Å²) in [7, 11) is -1.79. The second-order valence-corrected chi connectivity index (χ2v) is 7.25. The van der Waals surface area contributed by atoms with Gasteiger partial charge in [0.05, 0.1) is 18.6 Å². The molecule has 2 heterocycles. The first kappa shape index (κ1) is 15.7. The lowest BCUT2D eigenvalue weighted by Crippen LogP contribution is -2.60. The van der Waals surface area contributed by atoms with Gasteiger partial charge in [0.2, 0.25) is 0 Å². The number of carbonyl (C=O) groups is 1. The minimum atomic E-state index is -3.41. The fourth-order valence-electron chi connectivity index (χ4n) is 2.48. The maximum absolute atomic E-state index is 12.4. The number of carbonyl (C=O) groups excluding carboxylic acids is 1. The van der Waals surface area contributed by atoms with Gasteiger partial charge in [0, 0.05) is 33.2 Å². The van der Waals surface area contributed by atoms with Gasteiger partial charge in [-0.3, -0.25) is 4.79 Å². The number of rotatable bonds is 5. The number of ether oxygens (including phenoxy) is 1. The van der Waals surface area contributed by atoms with E-state index in [-0.39, 0.29) is 17.9 Å². The molecule has 0 aromatic carbocycles. The number of hydrogen-bond acceptors (Lipinski definition) is 5. The molecule has 2 fully saturated rings. The van der Waals surface area contributed by atoms with E-state index in [4.69, 9.17) is 4.74 Å². The number of hydrogen-bond donors (Lipinski definition) is 1. The molecule has 8 heteroatoms. The third-order valence-electron chi connectivity index (χ3n) is 4.04. The smallest absolute Gasteiger partial charge is 0.309 e. The van der Waals surface area contributed by atoms with E-state index in [9.17, 15) is 13.2 Å². The zero-order valence-electron chi connectivity index (χ0n) is 12.0. The molecule has 0 aromatic rings. The van der Waals surface area contributed by atoms with Crippen LogP contribution in [0.15, 0.2) is 0 Å². The van der Waals surface area contributed by atoms with Gasteiger partial charge in [-0.25, -0.2) is 0 Å². The highest BCUT2D eigenvalue weighted by Gasteiger charge is 2.37. The van der Waals surface area contributed by atoms with Crippen molar-refractivity contribution in [2.75, 3.05) is 39.8 Å². The highest BCUT2D eigenvalue weighted by Crippen LogP contribution is 2.23. The first-order chi connectivity index (χ1) is 9.46. The molecule has 0 bridgehead atoms. The summed E-state index contributed by atoms with van der Waals surface area (Å²) in [5.41, 5.74) is 0. The van der Waals surface area contributed by atoms with Crippen molar-refractivity contribution in [2.45, 2.75) is 25.8 Å². The summed E-state index contributed by atoms with van der Waals surface area (Å²) in [6, 6.07) is 0.0442. The van der Waals surface area contributed by atoms with Gasteiger partial charge in [-0.1, -0.05) is 0 Å². The Kier molecular flexibility index (Phi) is 5.00. The molecular formula is C12H23N3O4S. The molecule has 2 aliphatic rings.